The van der Waals surface area contributed by atoms with Crippen LogP contribution in [0, 0.1) is 0 Å². The van der Waals surface area contributed by atoms with E-state index < -0.39 is 0 Å². The molecule has 0 atom stereocenters. The lowest BCUT2D eigenvalue weighted by molar-refractivity contribution is 0.277. The van der Waals surface area contributed by atoms with Crippen LogP contribution in [0.25, 0.3) is 10.9 Å². The minimum Gasteiger partial charge on any atom is -0.390 e. The fraction of sp³-hybridized carbons (Fsp3) is 0.222. The van der Waals surface area contributed by atoms with E-state index in [0.29, 0.717) is 0 Å². The van der Waals surface area contributed by atoms with E-state index in [2.05, 4.69) is 5.10 Å². The molecule has 0 aliphatic carbocycles. The number of benzene rings is 1. The smallest absolute Gasteiger partial charge is 0.0957 e. The van der Waals surface area contributed by atoms with Crippen LogP contribution in [0.5, 0.6) is 0 Å². The number of nitrogens with zero attached hydrogens (tertiary/aromatic N) is 2. The van der Waals surface area contributed by atoms with E-state index in [9.17, 15) is 0 Å². The number of aryl methyl sites for hydroxylation is 1. The Bertz CT molecular complexity index is 406. The van der Waals surface area contributed by atoms with Crippen molar-refractivity contribution in [3.63, 3.8) is 0 Å². The quantitative estimate of drug-likeness (QED) is 0.681. The zero-order valence-electron chi connectivity index (χ0n) is 6.86. The van der Waals surface area contributed by atoms with Crippen LogP contribution in [0.15, 0.2) is 24.3 Å². The Labute approximate surface area is 70.2 Å². The van der Waals surface area contributed by atoms with Crippen molar-refractivity contribution in [1.82, 2.24) is 9.78 Å². The zero-order chi connectivity index (χ0) is 8.55. The summed E-state index contributed by atoms with van der Waals surface area (Å²) in [4.78, 5) is 0. The standard InChI is InChI=1S/C9H10N2O/c1-11-9-5-3-2-4-7(9)8(6-12)10-11/h2-5,12H,6H2,1H3. The summed E-state index contributed by atoms with van der Waals surface area (Å²) in [5, 5.41) is 14.2. The highest BCUT2D eigenvalue weighted by molar-refractivity contribution is 5.81. The Kier molecular flexibility index (Phi) is 1.59. The summed E-state index contributed by atoms with van der Waals surface area (Å²) in [6, 6.07) is 7.86. The summed E-state index contributed by atoms with van der Waals surface area (Å²) in [5.41, 5.74) is 1.80. The van der Waals surface area contributed by atoms with E-state index in [1.54, 1.807) is 4.68 Å². The Morgan fingerprint density at radius 3 is 2.92 bits per heavy atom. The molecule has 0 amide bonds. The first kappa shape index (κ1) is 7.31. The van der Waals surface area contributed by atoms with Crippen LogP contribution in [0.2, 0.25) is 0 Å². The number of hydrogen-bond acceptors (Lipinski definition) is 2. The molecular formula is C9H10N2O. The highest BCUT2D eigenvalue weighted by Crippen LogP contribution is 2.16. The van der Waals surface area contributed by atoms with Gasteiger partial charge in [-0.05, 0) is 6.07 Å². The second-order valence-electron chi connectivity index (χ2n) is 2.75. The van der Waals surface area contributed by atoms with Gasteiger partial charge in [0.15, 0.2) is 0 Å². The number of aromatic nitrogens is 2. The minimum absolute atomic E-state index is 0.00134. The molecule has 0 saturated carbocycles. The van der Waals surface area contributed by atoms with Crippen LogP contribution in [0.4, 0.5) is 0 Å². The van der Waals surface area contributed by atoms with Crippen LogP contribution >= 0.6 is 0 Å². The number of aliphatic hydroxyl groups excluding tert-OH is 1. The molecule has 0 saturated heterocycles. The molecule has 0 unspecified atom stereocenters. The molecule has 12 heavy (non-hydrogen) atoms. The largest absolute Gasteiger partial charge is 0.390 e. The molecule has 1 N–H and O–H groups in total. The maximum absolute atomic E-state index is 8.97. The summed E-state index contributed by atoms with van der Waals surface area (Å²) in [6.07, 6.45) is 0. The third-order valence-corrected chi connectivity index (χ3v) is 1.98. The van der Waals surface area contributed by atoms with Gasteiger partial charge >= 0.3 is 0 Å². The summed E-state index contributed by atoms with van der Waals surface area (Å²) >= 11 is 0. The molecule has 0 aliphatic rings. The summed E-state index contributed by atoms with van der Waals surface area (Å²) < 4.78 is 1.78. The van der Waals surface area contributed by atoms with Gasteiger partial charge in [0, 0.05) is 12.4 Å². The van der Waals surface area contributed by atoms with E-state index in [1.807, 2.05) is 31.3 Å². The van der Waals surface area contributed by atoms with Gasteiger partial charge in [-0.2, -0.15) is 5.10 Å². The molecule has 1 aromatic carbocycles. The molecule has 1 heterocycles. The van der Waals surface area contributed by atoms with Gasteiger partial charge in [0.1, 0.15) is 0 Å². The van der Waals surface area contributed by atoms with Gasteiger partial charge in [-0.15, -0.1) is 0 Å². The Morgan fingerprint density at radius 1 is 1.42 bits per heavy atom. The van der Waals surface area contributed by atoms with Crippen LogP contribution in [0.3, 0.4) is 0 Å². The molecule has 1 aromatic heterocycles. The molecule has 0 aliphatic heterocycles. The third kappa shape index (κ3) is 0.905. The molecule has 2 aromatic rings. The molecule has 0 radical (unpaired) electrons. The minimum atomic E-state index is 0.00134. The van der Waals surface area contributed by atoms with Gasteiger partial charge < -0.3 is 5.11 Å². The van der Waals surface area contributed by atoms with Gasteiger partial charge in [0.05, 0.1) is 17.8 Å². The second kappa shape index (κ2) is 2.60. The zero-order valence-corrected chi connectivity index (χ0v) is 6.86. The Balaban J connectivity index is 2.82. The highest BCUT2D eigenvalue weighted by Gasteiger charge is 2.04. The molecule has 62 valence electrons. The first-order valence-corrected chi connectivity index (χ1v) is 3.84. The predicted molar refractivity (Wildman–Crippen MR) is 46.6 cm³/mol. The molecular weight excluding hydrogens is 152 g/mol. The first-order chi connectivity index (χ1) is 5.83. The summed E-state index contributed by atoms with van der Waals surface area (Å²) in [6.45, 7) is 0.00134. The molecule has 0 bridgehead atoms. The van der Waals surface area contributed by atoms with Gasteiger partial charge in [-0.25, -0.2) is 0 Å². The topological polar surface area (TPSA) is 38.0 Å². The number of aliphatic hydroxyl groups is 1. The lowest BCUT2D eigenvalue weighted by Gasteiger charge is -1.90. The van der Waals surface area contributed by atoms with Crippen LogP contribution in [-0.4, -0.2) is 14.9 Å². The Morgan fingerprint density at radius 2 is 2.17 bits per heavy atom. The molecule has 3 nitrogen and oxygen atoms in total. The third-order valence-electron chi connectivity index (χ3n) is 1.98. The van der Waals surface area contributed by atoms with E-state index in [0.717, 1.165) is 16.6 Å². The van der Waals surface area contributed by atoms with Crippen molar-refractivity contribution in [3.8, 4) is 0 Å². The number of para-hydroxylation sites is 1. The first-order valence-electron chi connectivity index (χ1n) is 3.84. The highest BCUT2D eigenvalue weighted by atomic mass is 16.3. The lowest BCUT2D eigenvalue weighted by Crippen LogP contribution is -1.90. The van der Waals surface area contributed by atoms with E-state index in [1.165, 1.54) is 0 Å². The summed E-state index contributed by atoms with van der Waals surface area (Å²) in [5.74, 6) is 0. The predicted octanol–water partition coefficient (Wildman–Crippen LogP) is 1.07. The molecule has 2 rings (SSSR count). The van der Waals surface area contributed by atoms with E-state index in [-0.39, 0.29) is 6.61 Å². The van der Waals surface area contributed by atoms with Gasteiger partial charge in [0.2, 0.25) is 0 Å². The van der Waals surface area contributed by atoms with E-state index in [4.69, 9.17) is 5.11 Å². The van der Waals surface area contributed by atoms with Crippen molar-refractivity contribution in [2.75, 3.05) is 0 Å². The fourth-order valence-electron chi connectivity index (χ4n) is 1.41. The van der Waals surface area contributed by atoms with Crippen LogP contribution in [-0.2, 0) is 13.7 Å². The van der Waals surface area contributed by atoms with Crippen molar-refractivity contribution in [3.05, 3.63) is 30.0 Å². The average Bonchev–Trinajstić information content (AvgIpc) is 2.44. The van der Waals surface area contributed by atoms with Crippen LogP contribution in [0.1, 0.15) is 5.69 Å². The maximum Gasteiger partial charge on any atom is 0.0957 e. The molecule has 0 spiro atoms. The monoisotopic (exact) mass is 162 g/mol. The number of fused-ring (bicyclic) bond motifs is 1. The van der Waals surface area contributed by atoms with E-state index >= 15 is 0 Å². The van der Waals surface area contributed by atoms with Crippen molar-refractivity contribution in [1.29, 1.82) is 0 Å². The van der Waals surface area contributed by atoms with Gasteiger partial charge in [-0.1, -0.05) is 18.2 Å². The SMILES string of the molecule is Cn1nc(CO)c2ccccc21. The lowest BCUT2D eigenvalue weighted by atomic mass is 10.2. The number of rotatable bonds is 1. The van der Waals surface area contributed by atoms with Crippen molar-refractivity contribution in [2.45, 2.75) is 6.61 Å². The number of hydrogen-bond donors (Lipinski definition) is 1. The van der Waals surface area contributed by atoms with Crippen molar-refractivity contribution < 1.29 is 5.11 Å². The molecule has 0 fully saturated rings. The Hall–Kier alpha value is -1.35. The van der Waals surface area contributed by atoms with Gasteiger partial charge in [-0.3, -0.25) is 4.68 Å². The summed E-state index contributed by atoms with van der Waals surface area (Å²) in [7, 11) is 1.88. The van der Waals surface area contributed by atoms with Crippen molar-refractivity contribution >= 4 is 10.9 Å². The normalized spacial score (nSPS) is 10.8. The van der Waals surface area contributed by atoms with Gasteiger partial charge in [0.25, 0.3) is 0 Å². The second-order valence-corrected chi connectivity index (χ2v) is 2.75. The molecule has 3 heteroatoms. The van der Waals surface area contributed by atoms with Crippen molar-refractivity contribution in [2.24, 2.45) is 7.05 Å². The maximum atomic E-state index is 8.97. The van der Waals surface area contributed by atoms with Crippen LogP contribution < -0.4 is 0 Å². The average molecular weight is 162 g/mol. The fourth-order valence-corrected chi connectivity index (χ4v) is 1.41.